The number of thioether (sulfide) groups is 1. The van der Waals surface area contributed by atoms with Gasteiger partial charge in [0.1, 0.15) is 0 Å². The zero-order chi connectivity index (χ0) is 9.14. The van der Waals surface area contributed by atoms with Crippen LogP contribution in [-0.2, 0) is 0 Å². The fourth-order valence-corrected chi connectivity index (χ4v) is 3.24. The van der Waals surface area contributed by atoms with Crippen molar-refractivity contribution in [3.8, 4) is 0 Å². The van der Waals surface area contributed by atoms with Crippen molar-refractivity contribution in [2.75, 3.05) is 5.75 Å². The summed E-state index contributed by atoms with van der Waals surface area (Å²) in [5.41, 5.74) is 11.8. The smallest absolute Gasteiger partial charge is 0.0199 e. The Labute approximate surface area is 79.5 Å². The molecule has 0 bridgehead atoms. The van der Waals surface area contributed by atoms with Crippen molar-refractivity contribution in [2.45, 2.75) is 44.0 Å². The van der Waals surface area contributed by atoms with Crippen LogP contribution >= 0.6 is 11.8 Å². The molecule has 1 heterocycles. The molecule has 0 aromatic rings. The molecule has 0 aromatic heterocycles. The van der Waals surface area contributed by atoms with E-state index in [1.165, 1.54) is 12.2 Å². The van der Waals surface area contributed by atoms with Gasteiger partial charge in [-0.05, 0) is 31.4 Å². The van der Waals surface area contributed by atoms with Gasteiger partial charge in [0.05, 0.1) is 0 Å². The molecule has 12 heavy (non-hydrogen) atoms. The molecule has 4 atom stereocenters. The van der Waals surface area contributed by atoms with Crippen LogP contribution in [0.5, 0.6) is 0 Å². The molecule has 1 aliphatic rings. The predicted molar refractivity (Wildman–Crippen MR) is 56.3 cm³/mol. The van der Waals surface area contributed by atoms with Gasteiger partial charge in [0.15, 0.2) is 0 Å². The maximum atomic E-state index is 5.99. The first-order valence-corrected chi connectivity index (χ1v) is 5.82. The number of rotatable bonds is 3. The molecule has 1 fully saturated rings. The summed E-state index contributed by atoms with van der Waals surface area (Å²) < 4.78 is 0. The van der Waals surface area contributed by atoms with Gasteiger partial charge in [-0.3, -0.25) is 0 Å². The minimum Gasteiger partial charge on any atom is -0.327 e. The van der Waals surface area contributed by atoms with Crippen LogP contribution in [0.2, 0.25) is 0 Å². The van der Waals surface area contributed by atoms with Crippen molar-refractivity contribution >= 4 is 11.8 Å². The highest BCUT2D eigenvalue weighted by atomic mass is 32.2. The van der Waals surface area contributed by atoms with Crippen LogP contribution in [0.4, 0.5) is 0 Å². The second kappa shape index (κ2) is 4.49. The Morgan fingerprint density at radius 1 is 1.50 bits per heavy atom. The van der Waals surface area contributed by atoms with Crippen molar-refractivity contribution < 1.29 is 0 Å². The van der Waals surface area contributed by atoms with Crippen molar-refractivity contribution in [3.63, 3.8) is 0 Å². The van der Waals surface area contributed by atoms with Gasteiger partial charge in [-0.25, -0.2) is 0 Å². The van der Waals surface area contributed by atoms with Crippen LogP contribution in [0.1, 0.15) is 26.7 Å². The first-order valence-electron chi connectivity index (χ1n) is 4.78. The van der Waals surface area contributed by atoms with E-state index in [-0.39, 0.29) is 0 Å². The molecular weight excluding hydrogens is 168 g/mol. The van der Waals surface area contributed by atoms with Gasteiger partial charge >= 0.3 is 0 Å². The molecule has 0 aliphatic carbocycles. The Balaban J connectivity index is 2.35. The fourth-order valence-electron chi connectivity index (χ4n) is 1.68. The maximum absolute atomic E-state index is 5.99. The van der Waals surface area contributed by atoms with Crippen LogP contribution in [-0.4, -0.2) is 23.1 Å². The van der Waals surface area contributed by atoms with Crippen LogP contribution in [0.25, 0.3) is 0 Å². The zero-order valence-corrected chi connectivity index (χ0v) is 8.81. The monoisotopic (exact) mass is 188 g/mol. The Hall–Kier alpha value is 0.270. The van der Waals surface area contributed by atoms with Crippen molar-refractivity contribution in [3.05, 3.63) is 0 Å². The molecule has 3 unspecified atom stereocenters. The lowest BCUT2D eigenvalue weighted by atomic mass is 9.94. The van der Waals surface area contributed by atoms with E-state index >= 15 is 0 Å². The van der Waals surface area contributed by atoms with Gasteiger partial charge < -0.3 is 11.5 Å². The van der Waals surface area contributed by atoms with Crippen molar-refractivity contribution in [2.24, 2.45) is 17.4 Å². The summed E-state index contributed by atoms with van der Waals surface area (Å²) in [4.78, 5) is 0. The van der Waals surface area contributed by atoms with Crippen LogP contribution < -0.4 is 11.5 Å². The van der Waals surface area contributed by atoms with Gasteiger partial charge in [-0.1, -0.05) is 6.92 Å². The quantitative estimate of drug-likeness (QED) is 0.699. The number of hydrogen-bond acceptors (Lipinski definition) is 3. The lowest BCUT2D eigenvalue weighted by molar-refractivity contribution is 0.425. The second-order valence-electron chi connectivity index (χ2n) is 3.80. The van der Waals surface area contributed by atoms with E-state index in [9.17, 15) is 0 Å². The molecule has 1 saturated heterocycles. The molecular formula is C9H20N2S. The third-order valence-electron chi connectivity index (χ3n) is 2.72. The minimum atomic E-state index is 0.323. The average molecular weight is 188 g/mol. The third-order valence-corrected chi connectivity index (χ3v) is 4.39. The summed E-state index contributed by atoms with van der Waals surface area (Å²) >= 11 is 2.00. The number of hydrogen-bond donors (Lipinski definition) is 2. The lowest BCUT2D eigenvalue weighted by Crippen LogP contribution is -2.32. The van der Waals surface area contributed by atoms with E-state index in [1.54, 1.807) is 0 Å². The van der Waals surface area contributed by atoms with Crippen molar-refractivity contribution in [1.29, 1.82) is 0 Å². The molecule has 4 N–H and O–H groups in total. The second-order valence-corrected chi connectivity index (χ2v) is 5.07. The normalized spacial score (nSPS) is 35.0. The predicted octanol–water partition coefficient (Wildman–Crippen LogP) is 1.19. The molecule has 2 nitrogen and oxygen atoms in total. The summed E-state index contributed by atoms with van der Waals surface area (Å²) in [7, 11) is 0. The molecule has 0 spiro atoms. The first kappa shape index (κ1) is 10.4. The molecule has 0 aromatic carbocycles. The van der Waals surface area contributed by atoms with Gasteiger partial charge in [0, 0.05) is 17.3 Å². The summed E-state index contributed by atoms with van der Waals surface area (Å²) in [6.07, 6.45) is 2.31. The fraction of sp³-hybridized carbons (Fsp3) is 1.00. The Morgan fingerprint density at radius 3 is 2.58 bits per heavy atom. The van der Waals surface area contributed by atoms with Crippen molar-refractivity contribution in [1.82, 2.24) is 0 Å². The molecule has 0 radical (unpaired) electrons. The van der Waals surface area contributed by atoms with E-state index < -0.39 is 0 Å². The highest BCUT2D eigenvalue weighted by Crippen LogP contribution is 2.34. The van der Waals surface area contributed by atoms with Crippen LogP contribution in [0, 0.1) is 5.92 Å². The number of nitrogens with two attached hydrogens (primary N) is 2. The van der Waals surface area contributed by atoms with E-state index in [0.717, 1.165) is 6.42 Å². The summed E-state index contributed by atoms with van der Waals surface area (Å²) in [5.74, 6) is 1.91. The van der Waals surface area contributed by atoms with Crippen LogP contribution in [0.3, 0.4) is 0 Å². The molecule has 0 saturated carbocycles. The Morgan fingerprint density at radius 2 is 2.17 bits per heavy atom. The SMILES string of the molecule is CCC(N)C1CSC([C@@H](C)N)C1. The minimum absolute atomic E-state index is 0.323. The summed E-state index contributed by atoms with van der Waals surface area (Å²) in [6.45, 7) is 4.26. The topological polar surface area (TPSA) is 52.0 Å². The van der Waals surface area contributed by atoms with Crippen LogP contribution in [0.15, 0.2) is 0 Å². The highest BCUT2D eigenvalue weighted by molar-refractivity contribution is 8.00. The van der Waals surface area contributed by atoms with Gasteiger partial charge in [-0.15, -0.1) is 0 Å². The average Bonchev–Trinajstić information content (AvgIpc) is 2.51. The molecule has 0 amide bonds. The highest BCUT2D eigenvalue weighted by Gasteiger charge is 2.30. The largest absolute Gasteiger partial charge is 0.327 e. The van der Waals surface area contributed by atoms with E-state index in [1.807, 2.05) is 11.8 Å². The standard InChI is InChI=1S/C9H20N2S/c1-3-8(11)7-4-9(6(2)10)12-5-7/h6-9H,3-5,10-11H2,1-2H3/t6-,7?,8?,9?/m1/s1. The maximum Gasteiger partial charge on any atom is 0.0199 e. The Bertz CT molecular complexity index is 138. The van der Waals surface area contributed by atoms with Gasteiger partial charge in [0.25, 0.3) is 0 Å². The summed E-state index contributed by atoms with van der Waals surface area (Å²) in [5, 5.41) is 0.646. The zero-order valence-electron chi connectivity index (χ0n) is 7.99. The molecule has 1 aliphatic heterocycles. The lowest BCUT2D eigenvalue weighted by Gasteiger charge is -2.17. The van der Waals surface area contributed by atoms with Gasteiger partial charge in [-0.2, -0.15) is 11.8 Å². The third kappa shape index (κ3) is 2.38. The van der Waals surface area contributed by atoms with E-state index in [0.29, 0.717) is 23.3 Å². The summed E-state index contributed by atoms with van der Waals surface area (Å²) in [6, 6.07) is 0.713. The molecule has 1 rings (SSSR count). The first-order chi connectivity index (χ1) is 5.65. The van der Waals surface area contributed by atoms with Gasteiger partial charge in [0.2, 0.25) is 0 Å². The van der Waals surface area contributed by atoms with E-state index in [4.69, 9.17) is 11.5 Å². The molecule has 3 heteroatoms. The molecule has 72 valence electrons. The Kier molecular flexibility index (Phi) is 3.87. The van der Waals surface area contributed by atoms with E-state index in [2.05, 4.69) is 13.8 Å².